The highest BCUT2D eigenvalue weighted by atomic mass is 32.2. The van der Waals surface area contributed by atoms with Crippen molar-refractivity contribution >= 4 is 23.6 Å². The standard InChI is InChI=1S/C14H18N2O3S/c1-10(20-12-7-2-4-8-15-12)13(17)16-9-5-3-6-11(16)14(18)19/h2,4,7-8,10-11H,3,5-6,9H2,1H3,(H,18,19). The van der Waals surface area contributed by atoms with Gasteiger partial charge in [-0.1, -0.05) is 17.8 Å². The molecule has 1 aromatic rings. The van der Waals surface area contributed by atoms with Crippen LogP contribution in [-0.2, 0) is 9.59 Å². The van der Waals surface area contributed by atoms with Crippen molar-refractivity contribution < 1.29 is 14.7 Å². The zero-order valence-electron chi connectivity index (χ0n) is 11.4. The third kappa shape index (κ3) is 3.50. The van der Waals surface area contributed by atoms with E-state index in [9.17, 15) is 14.7 Å². The summed E-state index contributed by atoms with van der Waals surface area (Å²) < 4.78 is 0. The van der Waals surface area contributed by atoms with Gasteiger partial charge in [-0.05, 0) is 38.3 Å². The number of hydrogen-bond donors (Lipinski definition) is 1. The topological polar surface area (TPSA) is 70.5 Å². The van der Waals surface area contributed by atoms with Crippen molar-refractivity contribution in [2.45, 2.75) is 42.5 Å². The number of aliphatic carboxylic acids is 1. The smallest absolute Gasteiger partial charge is 0.326 e. The Morgan fingerprint density at radius 2 is 2.25 bits per heavy atom. The molecule has 1 aliphatic rings. The van der Waals surface area contributed by atoms with Gasteiger partial charge in [0.2, 0.25) is 5.91 Å². The fraction of sp³-hybridized carbons (Fsp3) is 0.500. The molecular formula is C14H18N2O3S. The summed E-state index contributed by atoms with van der Waals surface area (Å²) in [6, 6.07) is 4.86. The third-order valence-electron chi connectivity index (χ3n) is 3.35. The number of piperidine rings is 1. The highest BCUT2D eigenvalue weighted by Crippen LogP contribution is 2.25. The number of rotatable bonds is 4. The zero-order chi connectivity index (χ0) is 14.5. The Morgan fingerprint density at radius 1 is 1.45 bits per heavy atom. The van der Waals surface area contributed by atoms with Crippen LogP contribution in [0.3, 0.4) is 0 Å². The Morgan fingerprint density at radius 3 is 2.90 bits per heavy atom. The van der Waals surface area contributed by atoms with Crippen molar-refractivity contribution in [3.63, 3.8) is 0 Å². The van der Waals surface area contributed by atoms with E-state index in [4.69, 9.17) is 0 Å². The molecule has 0 aromatic carbocycles. The quantitative estimate of drug-likeness (QED) is 0.860. The second kappa shape index (κ2) is 6.74. The van der Waals surface area contributed by atoms with Crippen LogP contribution in [0.25, 0.3) is 0 Å². The average molecular weight is 294 g/mol. The molecule has 2 unspecified atom stereocenters. The molecule has 20 heavy (non-hydrogen) atoms. The first-order chi connectivity index (χ1) is 9.59. The van der Waals surface area contributed by atoms with Crippen molar-refractivity contribution in [3.05, 3.63) is 24.4 Å². The normalized spacial score (nSPS) is 20.4. The maximum absolute atomic E-state index is 12.4. The number of carbonyl (C=O) groups is 2. The first kappa shape index (κ1) is 14.8. The van der Waals surface area contributed by atoms with Crippen LogP contribution < -0.4 is 0 Å². The molecule has 0 bridgehead atoms. The van der Waals surface area contributed by atoms with Crippen LogP contribution in [0.5, 0.6) is 0 Å². The summed E-state index contributed by atoms with van der Waals surface area (Å²) in [5.41, 5.74) is 0. The predicted molar refractivity (Wildman–Crippen MR) is 76.5 cm³/mol. The molecule has 2 rings (SSSR count). The minimum Gasteiger partial charge on any atom is -0.480 e. The lowest BCUT2D eigenvalue weighted by molar-refractivity contribution is -0.151. The number of carboxylic acid groups (broad SMARTS) is 1. The van der Waals surface area contributed by atoms with Crippen molar-refractivity contribution in [2.24, 2.45) is 0 Å². The van der Waals surface area contributed by atoms with Gasteiger partial charge >= 0.3 is 5.97 Å². The summed E-state index contributed by atoms with van der Waals surface area (Å²) in [5.74, 6) is -1.03. The van der Waals surface area contributed by atoms with Crippen molar-refractivity contribution in [1.29, 1.82) is 0 Å². The lowest BCUT2D eigenvalue weighted by Crippen LogP contribution is -2.50. The molecule has 1 aliphatic heterocycles. The number of hydrogen-bond acceptors (Lipinski definition) is 4. The lowest BCUT2D eigenvalue weighted by Gasteiger charge is -2.34. The minimum atomic E-state index is -0.909. The Hall–Kier alpha value is -1.56. The van der Waals surface area contributed by atoms with E-state index >= 15 is 0 Å². The number of aromatic nitrogens is 1. The minimum absolute atomic E-state index is 0.118. The van der Waals surface area contributed by atoms with E-state index in [0.717, 1.165) is 17.9 Å². The molecule has 1 amide bonds. The number of carboxylic acids is 1. The number of thioether (sulfide) groups is 1. The van der Waals surface area contributed by atoms with Gasteiger partial charge in [-0.2, -0.15) is 0 Å². The molecule has 6 heteroatoms. The van der Waals surface area contributed by atoms with Crippen LogP contribution in [0.15, 0.2) is 29.4 Å². The molecule has 2 atom stereocenters. The SMILES string of the molecule is CC(Sc1ccccn1)C(=O)N1CCCCC1C(=O)O. The van der Waals surface area contributed by atoms with Gasteiger partial charge in [-0.15, -0.1) is 0 Å². The van der Waals surface area contributed by atoms with Gasteiger partial charge in [-0.25, -0.2) is 9.78 Å². The molecule has 2 heterocycles. The fourth-order valence-electron chi connectivity index (χ4n) is 2.33. The molecule has 108 valence electrons. The lowest BCUT2D eigenvalue weighted by atomic mass is 10.0. The molecular weight excluding hydrogens is 276 g/mol. The van der Waals surface area contributed by atoms with Crippen molar-refractivity contribution in [3.8, 4) is 0 Å². The zero-order valence-corrected chi connectivity index (χ0v) is 12.2. The molecule has 1 saturated heterocycles. The highest BCUT2D eigenvalue weighted by Gasteiger charge is 2.34. The number of likely N-dealkylation sites (tertiary alicyclic amines) is 1. The molecule has 0 radical (unpaired) electrons. The maximum atomic E-state index is 12.4. The number of amides is 1. The second-order valence-electron chi connectivity index (χ2n) is 4.81. The van der Waals surface area contributed by atoms with Crippen LogP contribution in [-0.4, -0.2) is 44.7 Å². The van der Waals surface area contributed by atoms with Crippen LogP contribution in [0, 0.1) is 0 Å². The van der Waals surface area contributed by atoms with Gasteiger partial charge in [0.05, 0.1) is 10.3 Å². The van der Waals surface area contributed by atoms with E-state index in [1.807, 2.05) is 18.2 Å². The third-order valence-corrected chi connectivity index (χ3v) is 4.39. The van der Waals surface area contributed by atoms with Crippen molar-refractivity contribution in [1.82, 2.24) is 9.88 Å². The maximum Gasteiger partial charge on any atom is 0.326 e. The Labute approximate surface area is 122 Å². The number of carbonyl (C=O) groups excluding carboxylic acids is 1. The summed E-state index contributed by atoms with van der Waals surface area (Å²) in [5, 5.41) is 9.66. The second-order valence-corrected chi connectivity index (χ2v) is 6.17. The van der Waals surface area contributed by atoms with Gasteiger partial charge in [0, 0.05) is 12.7 Å². The van der Waals surface area contributed by atoms with E-state index in [0.29, 0.717) is 13.0 Å². The summed E-state index contributed by atoms with van der Waals surface area (Å²) in [7, 11) is 0. The Bertz CT molecular complexity index is 481. The van der Waals surface area contributed by atoms with Gasteiger partial charge in [-0.3, -0.25) is 4.79 Å². The number of nitrogens with zero attached hydrogens (tertiary/aromatic N) is 2. The van der Waals surface area contributed by atoms with E-state index in [2.05, 4.69) is 4.98 Å². The monoisotopic (exact) mass is 294 g/mol. The van der Waals surface area contributed by atoms with E-state index in [1.165, 1.54) is 16.7 Å². The fourth-order valence-corrected chi connectivity index (χ4v) is 3.21. The average Bonchev–Trinajstić information content (AvgIpc) is 2.47. The molecule has 1 fully saturated rings. The van der Waals surface area contributed by atoms with E-state index in [-0.39, 0.29) is 11.2 Å². The van der Waals surface area contributed by atoms with Gasteiger partial charge in [0.25, 0.3) is 0 Å². The molecule has 0 spiro atoms. The molecule has 5 nitrogen and oxygen atoms in total. The highest BCUT2D eigenvalue weighted by molar-refractivity contribution is 8.00. The largest absolute Gasteiger partial charge is 0.480 e. The molecule has 1 N–H and O–H groups in total. The van der Waals surface area contributed by atoms with E-state index < -0.39 is 12.0 Å². The summed E-state index contributed by atoms with van der Waals surface area (Å²) in [6.07, 6.45) is 3.96. The molecule has 0 saturated carbocycles. The van der Waals surface area contributed by atoms with Gasteiger partial charge in [0.1, 0.15) is 6.04 Å². The van der Waals surface area contributed by atoms with Gasteiger partial charge in [0.15, 0.2) is 0 Å². The van der Waals surface area contributed by atoms with E-state index in [1.54, 1.807) is 13.1 Å². The summed E-state index contributed by atoms with van der Waals surface area (Å²) in [4.78, 5) is 29.4. The first-order valence-electron chi connectivity index (χ1n) is 6.70. The van der Waals surface area contributed by atoms with Crippen LogP contribution in [0.1, 0.15) is 26.2 Å². The Balaban J connectivity index is 2.03. The van der Waals surface area contributed by atoms with Crippen molar-refractivity contribution in [2.75, 3.05) is 6.54 Å². The predicted octanol–water partition coefficient (Wildman–Crippen LogP) is 2.03. The van der Waals surface area contributed by atoms with Crippen LogP contribution in [0.4, 0.5) is 0 Å². The van der Waals surface area contributed by atoms with Gasteiger partial charge < -0.3 is 10.0 Å². The van der Waals surface area contributed by atoms with Crippen LogP contribution in [0.2, 0.25) is 0 Å². The van der Waals surface area contributed by atoms with Crippen LogP contribution >= 0.6 is 11.8 Å². The number of pyridine rings is 1. The summed E-state index contributed by atoms with van der Waals surface area (Å²) in [6.45, 7) is 2.33. The molecule has 1 aromatic heterocycles. The first-order valence-corrected chi connectivity index (χ1v) is 7.58. The molecule has 0 aliphatic carbocycles. The Kier molecular flexibility index (Phi) is 5.00. The summed E-state index contributed by atoms with van der Waals surface area (Å²) >= 11 is 1.36.